The quantitative estimate of drug-likeness (QED) is 0.111. The van der Waals surface area contributed by atoms with Crippen molar-refractivity contribution >= 4 is 58.5 Å². The number of carbonyl (C=O) groups excluding carboxylic acids is 4. The van der Waals surface area contributed by atoms with E-state index in [-0.39, 0.29) is 48.4 Å². The number of unbranched alkanes of at least 4 members (excludes halogenated alkanes) is 2. The van der Waals surface area contributed by atoms with Gasteiger partial charge < -0.3 is 14.9 Å². The fourth-order valence-electron chi connectivity index (χ4n) is 9.09. The maximum absolute atomic E-state index is 15.3. The van der Waals surface area contributed by atoms with E-state index in [1.807, 2.05) is 12.1 Å². The Balaban J connectivity index is 1.36. The number of imide groups is 2. The summed E-state index contributed by atoms with van der Waals surface area (Å²) in [5, 5.41) is 21.2. The number of allylic oxidation sites excluding steroid dienone is 2. The minimum atomic E-state index is -1.51. The number of hydrazine groups is 1. The van der Waals surface area contributed by atoms with Crippen molar-refractivity contribution in [3.05, 3.63) is 99.0 Å². The number of methoxy groups -OCH3 is 1. The summed E-state index contributed by atoms with van der Waals surface area (Å²) in [6, 6.07) is 16.9. The minimum Gasteiger partial charge on any atom is -0.508 e. The summed E-state index contributed by atoms with van der Waals surface area (Å²) in [4.78, 5) is 70.6. The monoisotopic (exact) mass is 759 g/mol. The standard InChI is InChI=1S/C40H39Cl2N3O8/c1-21-18-22(7-16-32(21)46)35-26-13-14-27-34(38(51)44(36(27)49)17-5-3-4-6-33(47)48)28(26)20-29-37(50)45(43-31-15-10-24(41)19-30(31)42)39(52)40(29,35)23-8-11-25(53-2)12-9-23/h7-13,15-16,18-19,27-29,34-35,43,46H,3-6,14,17,20H2,1-2H3,(H,47,48)/t27-,28+,29-,34-,35-,40+/m0/s1. The number of benzene rings is 3. The number of carboxylic acid groups (broad SMARTS) is 1. The number of fused-ring (bicyclic) bond motifs is 4. The third-order valence-electron chi connectivity index (χ3n) is 11.5. The number of likely N-dealkylation sites (tertiary alicyclic amines) is 1. The molecular formula is C40H39Cl2N3O8. The van der Waals surface area contributed by atoms with Crippen LogP contribution in [0.1, 0.15) is 61.1 Å². The van der Waals surface area contributed by atoms with Crippen LogP contribution in [0.4, 0.5) is 5.69 Å². The van der Waals surface area contributed by atoms with Crippen molar-refractivity contribution in [2.75, 3.05) is 19.1 Å². The van der Waals surface area contributed by atoms with Crippen LogP contribution in [-0.2, 0) is 29.4 Å². The first-order chi connectivity index (χ1) is 25.4. The molecule has 13 heteroatoms. The number of hydrogen-bond donors (Lipinski definition) is 3. The zero-order chi connectivity index (χ0) is 37.8. The lowest BCUT2D eigenvalue weighted by Gasteiger charge is -2.50. The lowest BCUT2D eigenvalue weighted by atomic mass is 9.49. The topological polar surface area (TPSA) is 154 Å². The SMILES string of the molecule is COc1ccc([C@@]23C(=O)N(Nc4ccc(Cl)cc4Cl)C(=O)[C@@H]2C[C@@H]2C(=CC[C@@H]4C(=O)N(CCCCCC(=O)O)C(=O)[C@@H]42)[C@@H]3c2ccc(O)c(C)c2)cc1. The third-order valence-corrected chi connectivity index (χ3v) is 12.0. The summed E-state index contributed by atoms with van der Waals surface area (Å²) >= 11 is 12.7. The van der Waals surface area contributed by atoms with Gasteiger partial charge >= 0.3 is 5.97 Å². The summed E-state index contributed by atoms with van der Waals surface area (Å²) in [5.41, 5.74) is 4.38. The van der Waals surface area contributed by atoms with Crippen LogP contribution in [-0.4, -0.2) is 63.4 Å². The van der Waals surface area contributed by atoms with E-state index in [1.165, 1.54) is 18.1 Å². The molecule has 0 aromatic heterocycles. The fraction of sp³-hybridized carbons (Fsp3) is 0.375. The van der Waals surface area contributed by atoms with Gasteiger partial charge in [0, 0.05) is 23.9 Å². The number of amides is 4. The summed E-state index contributed by atoms with van der Waals surface area (Å²) in [7, 11) is 1.54. The van der Waals surface area contributed by atoms with Gasteiger partial charge in [-0.2, -0.15) is 5.01 Å². The second kappa shape index (κ2) is 14.2. The molecule has 4 aliphatic rings. The molecule has 3 aromatic carbocycles. The van der Waals surface area contributed by atoms with Gasteiger partial charge in [-0.1, -0.05) is 65.5 Å². The molecule has 3 fully saturated rings. The van der Waals surface area contributed by atoms with Crippen LogP contribution in [0.3, 0.4) is 0 Å². The Kier molecular flexibility index (Phi) is 9.75. The first-order valence-electron chi connectivity index (χ1n) is 17.7. The van der Waals surface area contributed by atoms with Crippen LogP contribution in [0, 0.1) is 30.6 Å². The average molecular weight is 761 g/mol. The van der Waals surface area contributed by atoms with Crippen LogP contribution in [0.15, 0.2) is 72.3 Å². The molecule has 2 aliphatic carbocycles. The van der Waals surface area contributed by atoms with Crippen molar-refractivity contribution in [3.8, 4) is 11.5 Å². The van der Waals surface area contributed by atoms with Crippen molar-refractivity contribution in [3.63, 3.8) is 0 Å². The van der Waals surface area contributed by atoms with Gasteiger partial charge in [0.1, 0.15) is 11.5 Å². The van der Waals surface area contributed by atoms with Gasteiger partial charge in [0.2, 0.25) is 11.8 Å². The Morgan fingerprint density at radius 3 is 2.38 bits per heavy atom. The Hall–Kier alpha value is -4.87. The van der Waals surface area contributed by atoms with E-state index in [0.29, 0.717) is 52.4 Å². The number of nitrogens with zero attached hydrogens (tertiary/aromatic N) is 2. The largest absolute Gasteiger partial charge is 0.508 e. The van der Waals surface area contributed by atoms with Crippen LogP contribution in [0.2, 0.25) is 10.0 Å². The number of aromatic hydroxyl groups is 1. The molecule has 0 spiro atoms. The van der Waals surface area contributed by atoms with E-state index in [9.17, 15) is 24.3 Å². The van der Waals surface area contributed by atoms with Crippen LogP contribution in [0.5, 0.6) is 11.5 Å². The highest BCUT2D eigenvalue weighted by atomic mass is 35.5. The predicted molar refractivity (Wildman–Crippen MR) is 196 cm³/mol. The molecule has 11 nitrogen and oxygen atoms in total. The Labute approximate surface area is 316 Å². The molecule has 7 rings (SSSR count). The first-order valence-corrected chi connectivity index (χ1v) is 18.4. The fourth-order valence-corrected chi connectivity index (χ4v) is 9.54. The van der Waals surface area contributed by atoms with Crippen molar-refractivity contribution in [1.29, 1.82) is 0 Å². The summed E-state index contributed by atoms with van der Waals surface area (Å²) in [6.07, 6.45) is 3.86. The maximum atomic E-state index is 15.3. The number of phenols is 1. The van der Waals surface area contributed by atoms with Crippen LogP contribution < -0.4 is 10.2 Å². The van der Waals surface area contributed by atoms with Crippen LogP contribution in [0.25, 0.3) is 0 Å². The lowest BCUT2D eigenvalue weighted by Crippen LogP contribution is -2.53. The minimum absolute atomic E-state index is 0.0147. The Morgan fingerprint density at radius 1 is 0.943 bits per heavy atom. The predicted octanol–water partition coefficient (Wildman–Crippen LogP) is 6.65. The number of phenolic OH excluding ortho intramolecular Hbond substituents is 1. The summed E-state index contributed by atoms with van der Waals surface area (Å²) in [5.74, 6) is -5.54. The Morgan fingerprint density at radius 2 is 1.70 bits per heavy atom. The zero-order valence-electron chi connectivity index (χ0n) is 29.2. The summed E-state index contributed by atoms with van der Waals surface area (Å²) < 4.78 is 5.45. The first kappa shape index (κ1) is 36.5. The highest BCUT2D eigenvalue weighted by Crippen LogP contribution is 2.64. The molecule has 0 unspecified atom stereocenters. The van der Waals surface area contributed by atoms with Gasteiger partial charge in [0.05, 0.1) is 41.0 Å². The van der Waals surface area contributed by atoms with E-state index in [1.54, 1.807) is 55.5 Å². The van der Waals surface area contributed by atoms with Crippen molar-refractivity contribution in [2.45, 2.75) is 56.8 Å². The number of ether oxygens (including phenoxy) is 1. The van der Waals surface area contributed by atoms with Crippen molar-refractivity contribution in [1.82, 2.24) is 9.91 Å². The summed E-state index contributed by atoms with van der Waals surface area (Å²) in [6.45, 7) is 1.94. The van der Waals surface area contributed by atoms with E-state index < -0.39 is 52.8 Å². The average Bonchev–Trinajstić information content (AvgIpc) is 3.50. The number of hydrogen-bond acceptors (Lipinski definition) is 8. The van der Waals surface area contributed by atoms with Gasteiger partial charge in [-0.05, 0) is 91.6 Å². The molecular weight excluding hydrogens is 721 g/mol. The zero-order valence-corrected chi connectivity index (χ0v) is 30.7. The molecule has 3 N–H and O–H groups in total. The molecule has 2 saturated heterocycles. The number of rotatable bonds is 11. The second-order valence-corrected chi connectivity index (χ2v) is 15.1. The van der Waals surface area contributed by atoms with E-state index in [4.69, 9.17) is 33.0 Å². The number of carboxylic acids is 1. The molecule has 53 heavy (non-hydrogen) atoms. The number of aryl methyl sites for hydroxylation is 1. The molecule has 3 aromatic rings. The molecule has 0 radical (unpaired) electrons. The molecule has 0 bridgehead atoms. The molecule has 276 valence electrons. The van der Waals surface area contributed by atoms with Gasteiger partial charge in [-0.25, -0.2) is 0 Å². The normalized spacial score (nSPS) is 26.3. The third kappa shape index (κ3) is 6.03. The number of anilines is 1. The van der Waals surface area contributed by atoms with Gasteiger partial charge in [-0.15, -0.1) is 0 Å². The Bertz CT molecular complexity index is 2050. The number of halogens is 2. The molecule has 1 saturated carbocycles. The number of carbonyl (C=O) groups is 5. The van der Waals surface area contributed by atoms with Gasteiger partial charge in [0.25, 0.3) is 11.8 Å². The lowest BCUT2D eigenvalue weighted by molar-refractivity contribution is -0.141. The number of nitrogens with one attached hydrogen (secondary N) is 1. The molecule has 2 aliphatic heterocycles. The second-order valence-electron chi connectivity index (χ2n) is 14.3. The van der Waals surface area contributed by atoms with Gasteiger partial charge in [0.15, 0.2) is 0 Å². The van der Waals surface area contributed by atoms with E-state index in [0.717, 1.165) is 10.6 Å². The van der Waals surface area contributed by atoms with Crippen molar-refractivity contribution in [2.24, 2.45) is 23.7 Å². The smallest absolute Gasteiger partial charge is 0.303 e. The number of aliphatic carboxylic acids is 1. The molecule has 4 amide bonds. The maximum Gasteiger partial charge on any atom is 0.303 e. The molecule has 6 atom stereocenters. The van der Waals surface area contributed by atoms with E-state index >= 15 is 4.79 Å². The molecule has 2 heterocycles. The van der Waals surface area contributed by atoms with Crippen LogP contribution >= 0.6 is 23.2 Å². The highest BCUT2D eigenvalue weighted by Gasteiger charge is 2.70. The van der Waals surface area contributed by atoms with E-state index in [2.05, 4.69) is 5.43 Å². The van der Waals surface area contributed by atoms with Crippen molar-refractivity contribution < 1.29 is 38.9 Å². The highest BCUT2D eigenvalue weighted by molar-refractivity contribution is 6.36. The van der Waals surface area contributed by atoms with Gasteiger partial charge in [-0.3, -0.25) is 34.3 Å².